The summed E-state index contributed by atoms with van der Waals surface area (Å²) in [5, 5.41) is 85.9. The highest BCUT2D eigenvalue weighted by atomic mass is 16.7. The van der Waals surface area contributed by atoms with E-state index < -0.39 is 86.8 Å². The first-order valence-electron chi connectivity index (χ1n) is 24.4. The number of nitrogens with one attached hydrogen (secondary N) is 1. The lowest BCUT2D eigenvalue weighted by Crippen LogP contribution is -2.65. The summed E-state index contributed by atoms with van der Waals surface area (Å²) in [6.07, 6.45) is 25.3. The fourth-order valence-electron chi connectivity index (χ4n) is 7.69. The van der Waals surface area contributed by atoms with Crippen molar-refractivity contribution >= 4 is 5.91 Å². The standard InChI is InChI=1S/C49H87NO13/c1-3-5-7-9-10-11-12-13-14-15-16-17-18-19-20-21-22-23-24-25-26-27-28-29-31-33-41(54)50-37(38(53)32-30-8-6-4-2)36-60-48-46(59)44(57)47(40(35-52)62-48)63-49-45(58)43(56)42(55)39(34-51)61-49/h12-13,15-16,18-19,30,32,37-40,42-49,51-53,55-59H,3-11,14,17,20-29,31,33-36H2,1-2H3,(H,50,54)/b13-12-,16-15-,19-18-,32-30+. The molecule has 0 aromatic rings. The summed E-state index contributed by atoms with van der Waals surface area (Å²) in [7, 11) is 0. The van der Waals surface area contributed by atoms with E-state index in [-0.39, 0.29) is 18.9 Å². The summed E-state index contributed by atoms with van der Waals surface area (Å²) < 4.78 is 22.5. The molecule has 0 aliphatic carbocycles. The van der Waals surface area contributed by atoms with Crippen molar-refractivity contribution < 1.29 is 64.6 Å². The second kappa shape index (κ2) is 36.1. The molecule has 0 bridgehead atoms. The second-order valence-corrected chi connectivity index (χ2v) is 17.2. The topological polar surface area (TPSA) is 228 Å². The number of ether oxygens (including phenoxy) is 4. The average Bonchev–Trinajstić information content (AvgIpc) is 3.28. The Morgan fingerprint density at radius 1 is 0.571 bits per heavy atom. The summed E-state index contributed by atoms with van der Waals surface area (Å²) in [5.41, 5.74) is 0. The van der Waals surface area contributed by atoms with Crippen molar-refractivity contribution in [3.8, 4) is 0 Å². The molecule has 9 N–H and O–H groups in total. The zero-order valence-corrected chi connectivity index (χ0v) is 38.6. The van der Waals surface area contributed by atoms with Crippen LogP contribution >= 0.6 is 0 Å². The molecule has 0 spiro atoms. The molecule has 2 fully saturated rings. The van der Waals surface area contributed by atoms with Gasteiger partial charge in [0.05, 0.1) is 32.0 Å². The first kappa shape index (κ1) is 57.1. The molecule has 0 radical (unpaired) electrons. The van der Waals surface area contributed by atoms with Crippen LogP contribution < -0.4 is 5.32 Å². The van der Waals surface area contributed by atoms with E-state index >= 15 is 0 Å². The van der Waals surface area contributed by atoms with E-state index in [2.05, 4.69) is 55.6 Å². The molecule has 14 heteroatoms. The van der Waals surface area contributed by atoms with Crippen molar-refractivity contribution in [2.24, 2.45) is 0 Å². The normalized spacial score (nSPS) is 27.9. The van der Waals surface area contributed by atoms with Crippen molar-refractivity contribution in [1.82, 2.24) is 5.32 Å². The molecule has 63 heavy (non-hydrogen) atoms. The first-order valence-corrected chi connectivity index (χ1v) is 24.4. The predicted molar refractivity (Wildman–Crippen MR) is 244 cm³/mol. The number of carbonyl (C=O) groups excluding carboxylic acids is 1. The van der Waals surface area contributed by atoms with Gasteiger partial charge in [-0.3, -0.25) is 4.79 Å². The Balaban J connectivity index is 1.66. The largest absolute Gasteiger partial charge is 0.394 e. The van der Waals surface area contributed by atoms with Gasteiger partial charge in [-0.15, -0.1) is 0 Å². The van der Waals surface area contributed by atoms with Crippen molar-refractivity contribution in [2.75, 3.05) is 19.8 Å². The fourth-order valence-corrected chi connectivity index (χ4v) is 7.69. The lowest BCUT2D eigenvalue weighted by molar-refractivity contribution is -0.359. The maximum absolute atomic E-state index is 13.0. The minimum Gasteiger partial charge on any atom is -0.394 e. The Morgan fingerprint density at radius 2 is 1.06 bits per heavy atom. The summed E-state index contributed by atoms with van der Waals surface area (Å²) >= 11 is 0. The van der Waals surface area contributed by atoms with Crippen LogP contribution in [0.2, 0.25) is 0 Å². The van der Waals surface area contributed by atoms with Gasteiger partial charge in [0, 0.05) is 6.42 Å². The van der Waals surface area contributed by atoms with Gasteiger partial charge in [0.1, 0.15) is 48.8 Å². The Morgan fingerprint density at radius 3 is 1.63 bits per heavy atom. The lowest BCUT2D eigenvalue weighted by atomic mass is 9.97. The van der Waals surface area contributed by atoms with Gasteiger partial charge in [0.15, 0.2) is 12.6 Å². The Hall–Kier alpha value is -2.05. The van der Waals surface area contributed by atoms with Crippen molar-refractivity contribution in [1.29, 1.82) is 0 Å². The number of aliphatic hydroxyl groups is 8. The molecular formula is C49H87NO13. The molecule has 0 aromatic heterocycles. The molecule has 2 aliphatic heterocycles. The van der Waals surface area contributed by atoms with E-state index in [0.717, 1.165) is 57.8 Å². The minimum atomic E-state index is -1.79. The maximum atomic E-state index is 13.0. The van der Waals surface area contributed by atoms with Gasteiger partial charge < -0.3 is 65.1 Å². The number of rotatable bonds is 36. The van der Waals surface area contributed by atoms with Crippen LogP contribution in [0.1, 0.15) is 162 Å². The third kappa shape index (κ3) is 23.8. The van der Waals surface area contributed by atoms with Crippen molar-refractivity contribution in [2.45, 2.75) is 235 Å². The lowest BCUT2D eigenvalue weighted by Gasteiger charge is -2.46. The molecule has 2 aliphatic rings. The van der Waals surface area contributed by atoms with Gasteiger partial charge in [-0.1, -0.05) is 152 Å². The number of amides is 1. The van der Waals surface area contributed by atoms with Crippen LogP contribution in [-0.2, 0) is 23.7 Å². The zero-order chi connectivity index (χ0) is 46.1. The smallest absolute Gasteiger partial charge is 0.220 e. The number of hydrogen-bond donors (Lipinski definition) is 9. The van der Waals surface area contributed by atoms with Crippen LogP contribution in [0.15, 0.2) is 48.6 Å². The predicted octanol–water partition coefficient (Wildman–Crippen LogP) is 5.71. The third-order valence-electron chi connectivity index (χ3n) is 11.8. The number of carbonyl (C=O) groups is 1. The molecule has 2 heterocycles. The van der Waals surface area contributed by atoms with Gasteiger partial charge in [-0.05, 0) is 51.4 Å². The number of unbranched alkanes of at least 4 members (excludes halogenated alkanes) is 17. The van der Waals surface area contributed by atoms with E-state index in [1.807, 2.05) is 6.08 Å². The minimum absolute atomic E-state index is 0.256. The van der Waals surface area contributed by atoms with Crippen LogP contribution in [0.4, 0.5) is 0 Å². The second-order valence-electron chi connectivity index (χ2n) is 17.2. The molecule has 2 saturated heterocycles. The van der Waals surface area contributed by atoms with Crippen LogP contribution in [0.3, 0.4) is 0 Å². The summed E-state index contributed by atoms with van der Waals surface area (Å²) in [5.74, 6) is -0.256. The van der Waals surface area contributed by atoms with Gasteiger partial charge >= 0.3 is 0 Å². The highest BCUT2D eigenvalue weighted by Gasteiger charge is 2.51. The average molecular weight is 898 g/mol. The van der Waals surface area contributed by atoms with Crippen LogP contribution in [0.5, 0.6) is 0 Å². The van der Waals surface area contributed by atoms with E-state index in [1.165, 1.54) is 77.0 Å². The maximum Gasteiger partial charge on any atom is 0.220 e. The monoisotopic (exact) mass is 898 g/mol. The molecule has 2 rings (SSSR count). The summed E-state index contributed by atoms with van der Waals surface area (Å²) in [6.45, 7) is 2.59. The molecular weight excluding hydrogens is 811 g/mol. The van der Waals surface area contributed by atoms with Gasteiger partial charge in [0.25, 0.3) is 0 Å². The Labute approximate surface area is 378 Å². The third-order valence-corrected chi connectivity index (χ3v) is 11.8. The van der Waals surface area contributed by atoms with E-state index in [9.17, 15) is 45.6 Å². The first-order chi connectivity index (χ1) is 30.6. The summed E-state index contributed by atoms with van der Waals surface area (Å²) in [6, 6.07) is -0.913. The van der Waals surface area contributed by atoms with Crippen LogP contribution in [0.25, 0.3) is 0 Å². The number of aliphatic hydroxyl groups excluding tert-OH is 8. The molecule has 0 saturated carbocycles. The molecule has 14 nitrogen and oxygen atoms in total. The highest BCUT2D eigenvalue weighted by molar-refractivity contribution is 5.76. The van der Waals surface area contributed by atoms with Crippen LogP contribution in [0, 0.1) is 0 Å². The van der Waals surface area contributed by atoms with Crippen LogP contribution in [-0.4, -0.2) is 140 Å². The molecule has 0 aromatic carbocycles. The highest BCUT2D eigenvalue weighted by Crippen LogP contribution is 2.30. The number of hydrogen-bond acceptors (Lipinski definition) is 13. The van der Waals surface area contributed by atoms with Gasteiger partial charge in [0.2, 0.25) is 5.91 Å². The Kier molecular flexibility index (Phi) is 32.7. The van der Waals surface area contributed by atoms with E-state index in [4.69, 9.17) is 18.9 Å². The quantitative estimate of drug-likeness (QED) is 0.0272. The fraction of sp³-hybridized carbons (Fsp3) is 0.816. The van der Waals surface area contributed by atoms with E-state index in [1.54, 1.807) is 6.08 Å². The number of allylic oxidation sites excluding steroid dienone is 7. The Bertz CT molecular complexity index is 1250. The zero-order valence-electron chi connectivity index (χ0n) is 38.6. The van der Waals surface area contributed by atoms with Crippen molar-refractivity contribution in [3.63, 3.8) is 0 Å². The van der Waals surface area contributed by atoms with Gasteiger partial charge in [-0.25, -0.2) is 0 Å². The molecule has 12 unspecified atom stereocenters. The van der Waals surface area contributed by atoms with Crippen molar-refractivity contribution in [3.05, 3.63) is 48.6 Å². The van der Waals surface area contributed by atoms with E-state index in [0.29, 0.717) is 6.42 Å². The van der Waals surface area contributed by atoms with Gasteiger partial charge in [-0.2, -0.15) is 0 Å². The molecule has 1 amide bonds. The molecule has 366 valence electrons. The SMILES string of the molecule is CCCC/C=C/C(O)C(COC1OC(CO)C(OC2OC(CO)C(O)C(O)C2O)C(O)C1O)NC(=O)CCCCCCCCCCCC/C=C\C/C=C\C/C=C\CCCCCCC. The molecule has 12 atom stereocenters. The summed E-state index contributed by atoms with van der Waals surface area (Å²) in [4.78, 5) is 13.0.